The molecule has 2 aromatic rings. The Kier molecular flexibility index (Phi) is 3.16. The van der Waals surface area contributed by atoms with E-state index in [-0.39, 0.29) is 5.56 Å². The van der Waals surface area contributed by atoms with Gasteiger partial charge in [-0.2, -0.15) is 0 Å². The van der Waals surface area contributed by atoms with E-state index < -0.39 is 11.6 Å². The van der Waals surface area contributed by atoms with Crippen molar-refractivity contribution in [2.45, 2.75) is 0 Å². The Labute approximate surface area is 109 Å². The van der Waals surface area contributed by atoms with Crippen LogP contribution in [0, 0.1) is 11.6 Å². The fourth-order valence-electron chi connectivity index (χ4n) is 2.12. The van der Waals surface area contributed by atoms with Crippen molar-refractivity contribution in [1.82, 2.24) is 10.5 Å². The molecule has 0 atom stereocenters. The lowest BCUT2D eigenvalue weighted by Crippen LogP contribution is -2.43. The van der Waals surface area contributed by atoms with E-state index in [1.807, 2.05) is 4.90 Å². The van der Waals surface area contributed by atoms with Crippen molar-refractivity contribution in [2.24, 2.45) is 0 Å². The maximum absolute atomic E-state index is 13.6. The Hall–Kier alpha value is -1.95. The van der Waals surface area contributed by atoms with Crippen LogP contribution in [0.15, 0.2) is 28.8 Å². The van der Waals surface area contributed by atoms with Crippen LogP contribution in [0.4, 0.5) is 14.7 Å². The summed E-state index contributed by atoms with van der Waals surface area (Å²) >= 11 is 0. The van der Waals surface area contributed by atoms with Gasteiger partial charge in [0.2, 0.25) is 5.88 Å². The van der Waals surface area contributed by atoms with Crippen molar-refractivity contribution in [3.05, 3.63) is 35.9 Å². The Morgan fingerprint density at radius 2 is 1.95 bits per heavy atom. The van der Waals surface area contributed by atoms with Crippen molar-refractivity contribution in [2.75, 3.05) is 31.1 Å². The van der Waals surface area contributed by atoms with E-state index in [0.29, 0.717) is 11.6 Å². The van der Waals surface area contributed by atoms with Crippen LogP contribution in [0.25, 0.3) is 11.3 Å². The molecular weight excluding hydrogens is 252 g/mol. The van der Waals surface area contributed by atoms with E-state index in [0.717, 1.165) is 32.2 Å². The van der Waals surface area contributed by atoms with Crippen molar-refractivity contribution in [1.29, 1.82) is 0 Å². The lowest BCUT2D eigenvalue weighted by atomic mass is 10.1. The van der Waals surface area contributed by atoms with Crippen molar-refractivity contribution >= 4 is 5.88 Å². The number of piperazine rings is 1. The molecule has 1 aromatic heterocycles. The molecule has 0 radical (unpaired) electrons. The second-order valence-electron chi connectivity index (χ2n) is 4.41. The number of nitrogens with zero attached hydrogens (tertiary/aromatic N) is 2. The molecule has 3 rings (SSSR count). The predicted molar refractivity (Wildman–Crippen MR) is 66.9 cm³/mol. The summed E-state index contributed by atoms with van der Waals surface area (Å²) in [4.78, 5) is 2.04. The van der Waals surface area contributed by atoms with Crippen molar-refractivity contribution in [3.8, 4) is 11.3 Å². The molecule has 4 nitrogen and oxygen atoms in total. The highest BCUT2D eigenvalue weighted by molar-refractivity contribution is 5.62. The minimum Gasteiger partial charge on any atom is -0.338 e. The molecule has 0 aliphatic carbocycles. The number of hydrogen-bond donors (Lipinski definition) is 1. The molecule has 100 valence electrons. The molecule has 1 aromatic carbocycles. The number of benzene rings is 1. The predicted octanol–water partition coefficient (Wildman–Crippen LogP) is 2.03. The minimum absolute atomic E-state index is 0.242. The number of aromatic nitrogens is 1. The van der Waals surface area contributed by atoms with Gasteiger partial charge >= 0.3 is 0 Å². The van der Waals surface area contributed by atoms with E-state index in [2.05, 4.69) is 10.5 Å². The van der Waals surface area contributed by atoms with Gasteiger partial charge in [-0.15, -0.1) is 0 Å². The third-order valence-corrected chi connectivity index (χ3v) is 3.13. The molecule has 1 fully saturated rings. The first-order valence-corrected chi connectivity index (χ1v) is 6.12. The first-order valence-electron chi connectivity index (χ1n) is 6.12. The summed E-state index contributed by atoms with van der Waals surface area (Å²) in [6.07, 6.45) is 0. The second-order valence-corrected chi connectivity index (χ2v) is 4.41. The Morgan fingerprint density at radius 3 is 2.68 bits per heavy atom. The molecule has 0 unspecified atom stereocenters. The zero-order chi connectivity index (χ0) is 13.2. The molecule has 1 aliphatic rings. The van der Waals surface area contributed by atoms with Gasteiger partial charge in [0, 0.05) is 43.9 Å². The van der Waals surface area contributed by atoms with E-state index in [1.54, 1.807) is 6.07 Å². The maximum Gasteiger partial charge on any atom is 0.227 e. The first-order chi connectivity index (χ1) is 9.24. The molecule has 2 heterocycles. The van der Waals surface area contributed by atoms with Gasteiger partial charge in [-0.05, 0) is 12.1 Å². The Balaban J connectivity index is 1.87. The quantitative estimate of drug-likeness (QED) is 0.902. The van der Waals surface area contributed by atoms with Gasteiger partial charge in [0.05, 0.1) is 0 Å². The van der Waals surface area contributed by atoms with Crippen LogP contribution in [0.1, 0.15) is 0 Å². The average molecular weight is 265 g/mol. The van der Waals surface area contributed by atoms with E-state index in [9.17, 15) is 8.78 Å². The third-order valence-electron chi connectivity index (χ3n) is 3.13. The zero-order valence-corrected chi connectivity index (χ0v) is 10.2. The van der Waals surface area contributed by atoms with Gasteiger partial charge in [0.15, 0.2) is 0 Å². The minimum atomic E-state index is -0.639. The standard InChI is InChI=1S/C13H13F2N3O/c14-9-1-2-10(11(15)7-9)12-8-13(19-17-12)18-5-3-16-4-6-18/h1-2,7-8,16H,3-6H2. The summed E-state index contributed by atoms with van der Waals surface area (Å²) in [6, 6.07) is 5.10. The summed E-state index contributed by atoms with van der Waals surface area (Å²) < 4.78 is 31.7. The lowest BCUT2D eigenvalue weighted by molar-refractivity contribution is 0.409. The zero-order valence-electron chi connectivity index (χ0n) is 10.2. The molecule has 0 bridgehead atoms. The second kappa shape index (κ2) is 4.97. The highest BCUT2D eigenvalue weighted by Crippen LogP contribution is 2.26. The first kappa shape index (κ1) is 12.1. The summed E-state index contributed by atoms with van der Waals surface area (Å²) in [5.74, 6) is -0.632. The number of anilines is 1. The van der Waals surface area contributed by atoms with E-state index in [1.165, 1.54) is 12.1 Å². The summed E-state index contributed by atoms with van der Waals surface area (Å²) in [6.45, 7) is 3.39. The molecule has 1 aliphatic heterocycles. The summed E-state index contributed by atoms with van der Waals surface area (Å²) in [5.41, 5.74) is 0.623. The normalized spacial score (nSPS) is 15.8. The monoisotopic (exact) mass is 265 g/mol. The van der Waals surface area contributed by atoms with Crippen LogP contribution >= 0.6 is 0 Å². The number of hydrogen-bond acceptors (Lipinski definition) is 4. The van der Waals surface area contributed by atoms with Crippen molar-refractivity contribution < 1.29 is 13.3 Å². The molecule has 1 N–H and O–H groups in total. The molecule has 0 saturated carbocycles. The lowest BCUT2D eigenvalue weighted by Gasteiger charge is -2.25. The Bertz CT molecular complexity index is 579. The summed E-state index contributed by atoms with van der Waals surface area (Å²) in [7, 11) is 0. The van der Waals surface area contributed by atoms with Crippen LogP contribution in [-0.2, 0) is 0 Å². The smallest absolute Gasteiger partial charge is 0.227 e. The van der Waals surface area contributed by atoms with Crippen LogP contribution in [0.2, 0.25) is 0 Å². The molecule has 0 spiro atoms. The van der Waals surface area contributed by atoms with Gasteiger partial charge in [-0.3, -0.25) is 0 Å². The van der Waals surface area contributed by atoms with Crippen molar-refractivity contribution in [3.63, 3.8) is 0 Å². The fourth-order valence-corrected chi connectivity index (χ4v) is 2.12. The summed E-state index contributed by atoms with van der Waals surface area (Å²) in [5, 5.41) is 7.09. The fraction of sp³-hybridized carbons (Fsp3) is 0.308. The van der Waals surface area contributed by atoms with Gasteiger partial charge in [0.25, 0.3) is 0 Å². The SMILES string of the molecule is Fc1ccc(-c2cc(N3CCNCC3)on2)c(F)c1. The van der Waals surface area contributed by atoms with Gasteiger partial charge < -0.3 is 14.7 Å². The van der Waals surface area contributed by atoms with Gasteiger partial charge in [-0.1, -0.05) is 5.16 Å². The molecular formula is C13H13F2N3O. The largest absolute Gasteiger partial charge is 0.338 e. The highest BCUT2D eigenvalue weighted by atomic mass is 19.1. The Morgan fingerprint density at radius 1 is 1.16 bits per heavy atom. The number of nitrogens with one attached hydrogen (secondary N) is 1. The third kappa shape index (κ3) is 2.44. The highest BCUT2D eigenvalue weighted by Gasteiger charge is 2.17. The topological polar surface area (TPSA) is 41.3 Å². The average Bonchev–Trinajstić information content (AvgIpc) is 2.89. The van der Waals surface area contributed by atoms with E-state index >= 15 is 0 Å². The molecule has 0 amide bonds. The number of rotatable bonds is 2. The maximum atomic E-state index is 13.6. The van der Waals surface area contributed by atoms with Crippen LogP contribution in [-0.4, -0.2) is 31.3 Å². The van der Waals surface area contributed by atoms with Crippen LogP contribution in [0.3, 0.4) is 0 Å². The van der Waals surface area contributed by atoms with Gasteiger partial charge in [-0.25, -0.2) is 8.78 Å². The van der Waals surface area contributed by atoms with Crippen LogP contribution in [0.5, 0.6) is 0 Å². The van der Waals surface area contributed by atoms with E-state index in [4.69, 9.17) is 4.52 Å². The number of halogens is 2. The van der Waals surface area contributed by atoms with Gasteiger partial charge in [0.1, 0.15) is 17.3 Å². The molecule has 6 heteroatoms. The van der Waals surface area contributed by atoms with Crippen LogP contribution < -0.4 is 10.2 Å². The molecule has 1 saturated heterocycles. The molecule has 19 heavy (non-hydrogen) atoms.